The Kier molecular flexibility index (Phi) is 8.21. The molecule has 2 rings (SSSR count). The number of sulfonamides is 1. The molecule has 5 nitrogen and oxygen atoms in total. The van der Waals surface area contributed by atoms with Crippen LogP contribution in [0.15, 0.2) is 32.9 Å². The standard InChI is InChI=1S/C16H23N3O2S4/c1-12(2)14-7-5-13(6-8-14)11-23-16-19-18-15(24-16)22-9-4-10-25(20,21)17-3/h5-8,12,17H,4,9-11H2,1-3H3. The van der Waals surface area contributed by atoms with E-state index in [9.17, 15) is 8.42 Å². The topological polar surface area (TPSA) is 72.0 Å². The lowest BCUT2D eigenvalue weighted by atomic mass is 10.0. The summed E-state index contributed by atoms with van der Waals surface area (Å²) in [7, 11) is -1.68. The fourth-order valence-electron chi connectivity index (χ4n) is 1.97. The summed E-state index contributed by atoms with van der Waals surface area (Å²) in [6.07, 6.45) is 0.595. The van der Waals surface area contributed by atoms with E-state index < -0.39 is 10.0 Å². The number of thioether (sulfide) groups is 2. The molecular weight excluding hydrogens is 394 g/mol. The molecule has 25 heavy (non-hydrogen) atoms. The van der Waals surface area contributed by atoms with Gasteiger partial charge in [-0.2, -0.15) is 0 Å². The normalized spacial score (nSPS) is 12.0. The van der Waals surface area contributed by atoms with Gasteiger partial charge in [0, 0.05) is 11.5 Å². The average molecular weight is 418 g/mol. The van der Waals surface area contributed by atoms with Gasteiger partial charge in [-0.15, -0.1) is 10.2 Å². The highest BCUT2D eigenvalue weighted by Crippen LogP contribution is 2.31. The van der Waals surface area contributed by atoms with Crippen LogP contribution in [0.25, 0.3) is 0 Å². The third-order valence-electron chi connectivity index (χ3n) is 3.49. The Bertz CT molecular complexity index is 758. The SMILES string of the molecule is CNS(=O)(=O)CCCSc1nnc(SCc2ccc(C(C)C)cc2)s1. The monoisotopic (exact) mass is 417 g/mol. The number of nitrogens with one attached hydrogen (secondary N) is 1. The number of hydrogen-bond acceptors (Lipinski definition) is 7. The Labute approximate surface area is 162 Å². The molecule has 0 unspecified atom stereocenters. The first-order valence-corrected chi connectivity index (χ1v) is 12.4. The zero-order valence-electron chi connectivity index (χ0n) is 14.6. The van der Waals surface area contributed by atoms with Crippen molar-refractivity contribution in [2.75, 3.05) is 18.6 Å². The summed E-state index contributed by atoms with van der Waals surface area (Å²) < 4.78 is 26.8. The van der Waals surface area contributed by atoms with Crippen LogP contribution in [0.5, 0.6) is 0 Å². The zero-order valence-corrected chi connectivity index (χ0v) is 17.8. The fraction of sp³-hybridized carbons (Fsp3) is 0.500. The Hall–Kier alpha value is -0.610. The van der Waals surface area contributed by atoms with E-state index in [0.717, 1.165) is 20.2 Å². The molecule has 2 aromatic rings. The quantitative estimate of drug-likeness (QED) is 0.466. The Morgan fingerprint density at radius 1 is 1.12 bits per heavy atom. The van der Waals surface area contributed by atoms with Crippen LogP contribution in [0.3, 0.4) is 0 Å². The summed E-state index contributed by atoms with van der Waals surface area (Å²) in [5, 5.41) is 8.37. The molecule has 1 aromatic heterocycles. The number of benzene rings is 1. The molecule has 0 aliphatic heterocycles. The third kappa shape index (κ3) is 7.26. The summed E-state index contributed by atoms with van der Waals surface area (Å²) in [5.41, 5.74) is 2.62. The number of aromatic nitrogens is 2. The van der Waals surface area contributed by atoms with E-state index in [1.807, 2.05) is 0 Å². The van der Waals surface area contributed by atoms with Crippen molar-refractivity contribution in [3.8, 4) is 0 Å². The molecule has 0 amide bonds. The Morgan fingerprint density at radius 2 is 1.76 bits per heavy atom. The highest BCUT2D eigenvalue weighted by Gasteiger charge is 2.09. The first kappa shape index (κ1) is 20.7. The maximum atomic E-state index is 11.3. The van der Waals surface area contributed by atoms with Crippen LogP contribution in [0.4, 0.5) is 0 Å². The van der Waals surface area contributed by atoms with Crippen LogP contribution < -0.4 is 4.72 Å². The van der Waals surface area contributed by atoms with E-state index in [1.54, 1.807) is 34.9 Å². The minimum absolute atomic E-state index is 0.142. The van der Waals surface area contributed by atoms with Gasteiger partial charge in [0.05, 0.1) is 5.75 Å². The number of rotatable bonds is 10. The van der Waals surface area contributed by atoms with Crippen molar-refractivity contribution in [2.24, 2.45) is 0 Å². The molecule has 0 saturated heterocycles. The lowest BCUT2D eigenvalue weighted by molar-refractivity contribution is 0.587. The van der Waals surface area contributed by atoms with E-state index in [0.29, 0.717) is 12.3 Å². The third-order valence-corrected chi connectivity index (χ3v) is 8.29. The largest absolute Gasteiger partial charge is 0.218 e. The van der Waals surface area contributed by atoms with Crippen molar-refractivity contribution in [3.05, 3.63) is 35.4 Å². The van der Waals surface area contributed by atoms with Crippen molar-refractivity contribution < 1.29 is 8.42 Å². The molecule has 0 fully saturated rings. The molecule has 0 radical (unpaired) electrons. The van der Waals surface area contributed by atoms with Gasteiger partial charge in [-0.1, -0.05) is 73.0 Å². The molecule has 138 valence electrons. The second-order valence-corrected chi connectivity index (χ2v) is 11.3. The van der Waals surface area contributed by atoms with Crippen molar-refractivity contribution in [1.29, 1.82) is 0 Å². The molecule has 1 aromatic carbocycles. The summed E-state index contributed by atoms with van der Waals surface area (Å²) in [4.78, 5) is 0. The lowest BCUT2D eigenvalue weighted by Gasteiger charge is -2.05. The van der Waals surface area contributed by atoms with Gasteiger partial charge in [-0.25, -0.2) is 13.1 Å². The second kappa shape index (κ2) is 9.91. The molecule has 0 spiro atoms. The van der Waals surface area contributed by atoms with E-state index in [2.05, 4.69) is 53.0 Å². The summed E-state index contributed by atoms with van der Waals surface area (Å²) in [6, 6.07) is 8.70. The summed E-state index contributed by atoms with van der Waals surface area (Å²) >= 11 is 4.80. The summed E-state index contributed by atoms with van der Waals surface area (Å²) in [6.45, 7) is 4.39. The van der Waals surface area contributed by atoms with E-state index in [-0.39, 0.29) is 5.75 Å². The first-order chi connectivity index (χ1) is 11.9. The molecular formula is C16H23N3O2S4. The highest BCUT2D eigenvalue weighted by atomic mass is 32.2. The molecule has 0 bridgehead atoms. The molecule has 0 aliphatic rings. The zero-order chi connectivity index (χ0) is 18.3. The maximum Gasteiger partial charge on any atom is 0.211 e. The van der Waals surface area contributed by atoms with E-state index in [1.165, 1.54) is 18.2 Å². The van der Waals surface area contributed by atoms with E-state index in [4.69, 9.17) is 0 Å². The Morgan fingerprint density at radius 3 is 2.36 bits per heavy atom. The predicted molar refractivity (Wildman–Crippen MR) is 108 cm³/mol. The van der Waals surface area contributed by atoms with E-state index >= 15 is 0 Å². The van der Waals surface area contributed by atoms with Crippen LogP contribution in [0.2, 0.25) is 0 Å². The van der Waals surface area contributed by atoms with Gasteiger partial charge in [0.25, 0.3) is 0 Å². The van der Waals surface area contributed by atoms with Crippen molar-refractivity contribution in [2.45, 2.75) is 40.6 Å². The van der Waals surface area contributed by atoms with Crippen molar-refractivity contribution in [1.82, 2.24) is 14.9 Å². The minimum atomic E-state index is -3.12. The van der Waals surface area contributed by atoms with Gasteiger partial charge >= 0.3 is 0 Å². The lowest BCUT2D eigenvalue weighted by Crippen LogP contribution is -2.22. The van der Waals surface area contributed by atoms with Crippen LogP contribution >= 0.6 is 34.9 Å². The minimum Gasteiger partial charge on any atom is -0.218 e. The second-order valence-electron chi connectivity index (χ2n) is 5.74. The van der Waals surface area contributed by atoms with Gasteiger partial charge in [-0.3, -0.25) is 0 Å². The fourth-order valence-corrected chi connectivity index (χ4v) is 5.87. The molecule has 1 N–H and O–H groups in total. The predicted octanol–water partition coefficient (Wildman–Crippen LogP) is 3.99. The van der Waals surface area contributed by atoms with Crippen molar-refractivity contribution in [3.63, 3.8) is 0 Å². The molecule has 0 saturated carbocycles. The van der Waals surface area contributed by atoms with Gasteiger partial charge in [0.15, 0.2) is 8.68 Å². The maximum absolute atomic E-state index is 11.3. The van der Waals surface area contributed by atoms with Crippen molar-refractivity contribution >= 4 is 44.9 Å². The average Bonchev–Trinajstić information content (AvgIpc) is 3.05. The number of hydrogen-bond donors (Lipinski definition) is 1. The smallest absolute Gasteiger partial charge is 0.211 e. The Balaban J connectivity index is 1.75. The molecule has 9 heteroatoms. The molecule has 0 aliphatic carbocycles. The number of nitrogens with zero attached hydrogens (tertiary/aromatic N) is 2. The summed E-state index contributed by atoms with van der Waals surface area (Å²) in [5.74, 6) is 2.28. The molecule has 1 heterocycles. The van der Waals surface area contributed by atoms with Gasteiger partial charge in [0.2, 0.25) is 10.0 Å². The van der Waals surface area contributed by atoms with Crippen LogP contribution in [0.1, 0.15) is 37.3 Å². The highest BCUT2D eigenvalue weighted by molar-refractivity contribution is 8.02. The van der Waals surface area contributed by atoms with Crippen LogP contribution in [-0.2, 0) is 15.8 Å². The van der Waals surface area contributed by atoms with Crippen LogP contribution in [-0.4, -0.2) is 37.2 Å². The first-order valence-electron chi connectivity index (χ1n) is 7.99. The van der Waals surface area contributed by atoms with Gasteiger partial charge < -0.3 is 0 Å². The molecule has 0 atom stereocenters. The van der Waals surface area contributed by atoms with Gasteiger partial charge in [-0.05, 0) is 30.5 Å². The van der Waals surface area contributed by atoms with Gasteiger partial charge in [0.1, 0.15) is 0 Å². The van der Waals surface area contributed by atoms with Crippen LogP contribution in [0, 0.1) is 0 Å².